The molecule has 122 valence electrons. The number of nitrogens with one attached hydrogen (secondary N) is 2. The Morgan fingerprint density at radius 1 is 1.39 bits per heavy atom. The van der Waals surface area contributed by atoms with Gasteiger partial charge in [-0.2, -0.15) is 0 Å². The minimum atomic E-state index is -0.559. The SMILES string of the molecule is COC(=O)c1cn(CCNC(=O)Nc2c(C)cccc2Cl)nn1. The second-order valence-electron chi connectivity index (χ2n) is 4.67. The quantitative estimate of drug-likeness (QED) is 0.811. The molecule has 0 aliphatic carbocycles. The number of hydrogen-bond donors (Lipinski definition) is 2. The summed E-state index contributed by atoms with van der Waals surface area (Å²) in [6, 6.07) is 4.98. The minimum Gasteiger partial charge on any atom is -0.464 e. The van der Waals surface area contributed by atoms with Crippen molar-refractivity contribution < 1.29 is 14.3 Å². The minimum absolute atomic E-state index is 0.114. The molecule has 0 aliphatic rings. The van der Waals surface area contributed by atoms with Crippen molar-refractivity contribution in [2.24, 2.45) is 0 Å². The molecule has 9 heteroatoms. The van der Waals surface area contributed by atoms with Crippen molar-refractivity contribution in [1.29, 1.82) is 0 Å². The Kier molecular flexibility index (Phi) is 5.53. The third-order valence-electron chi connectivity index (χ3n) is 3.02. The molecule has 0 spiro atoms. The average Bonchev–Trinajstić information content (AvgIpc) is 2.99. The van der Waals surface area contributed by atoms with Gasteiger partial charge >= 0.3 is 12.0 Å². The number of carbonyl (C=O) groups is 2. The van der Waals surface area contributed by atoms with E-state index < -0.39 is 5.97 Å². The maximum absolute atomic E-state index is 11.9. The molecule has 0 atom stereocenters. The highest BCUT2D eigenvalue weighted by atomic mass is 35.5. The van der Waals surface area contributed by atoms with Crippen molar-refractivity contribution in [3.63, 3.8) is 0 Å². The number of urea groups is 1. The van der Waals surface area contributed by atoms with E-state index in [1.165, 1.54) is 18.0 Å². The van der Waals surface area contributed by atoms with Crippen molar-refractivity contribution in [2.75, 3.05) is 19.0 Å². The lowest BCUT2D eigenvalue weighted by Gasteiger charge is -2.11. The van der Waals surface area contributed by atoms with Gasteiger partial charge in [0.2, 0.25) is 0 Å². The van der Waals surface area contributed by atoms with Gasteiger partial charge < -0.3 is 15.4 Å². The fourth-order valence-corrected chi connectivity index (χ4v) is 2.11. The molecule has 1 heterocycles. The second kappa shape index (κ2) is 7.59. The Balaban J connectivity index is 1.83. The summed E-state index contributed by atoms with van der Waals surface area (Å²) >= 11 is 6.04. The number of ether oxygens (including phenoxy) is 1. The van der Waals surface area contributed by atoms with Crippen LogP contribution in [0.2, 0.25) is 5.02 Å². The summed E-state index contributed by atoms with van der Waals surface area (Å²) in [4.78, 5) is 23.1. The van der Waals surface area contributed by atoms with Crippen molar-refractivity contribution in [1.82, 2.24) is 20.3 Å². The van der Waals surface area contributed by atoms with Crippen LogP contribution in [0.3, 0.4) is 0 Å². The summed E-state index contributed by atoms with van der Waals surface area (Å²) in [5.74, 6) is -0.559. The van der Waals surface area contributed by atoms with Crippen molar-refractivity contribution in [3.05, 3.63) is 40.7 Å². The van der Waals surface area contributed by atoms with E-state index >= 15 is 0 Å². The third kappa shape index (κ3) is 4.43. The number of hydrogen-bond acceptors (Lipinski definition) is 5. The summed E-state index contributed by atoms with van der Waals surface area (Å²) in [5, 5.41) is 13.3. The van der Waals surface area contributed by atoms with Crippen molar-refractivity contribution in [3.8, 4) is 0 Å². The van der Waals surface area contributed by atoms with E-state index in [2.05, 4.69) is 25.7 Å². The lowest BCUT2D eigenvalue weighted by atomic mass is 10.2. The molecular weight excluding hydrogens is 322 g/mol. The summed E-state index contributed by atoms with van der Waals surface area (Å²) < 4.78 is 5.97. The van der Waals surface area contributed by atoms with Crippen LogP contribution < -0.4 is 10.6 Å². The Morgan fingerprint density at radius 3 is 2.87 bits per heavy atom. The molecule has 0 unspecified atom stereocenters. The molecule has 0 radical (unpaired) electrons. The fourth-order valence-electron chi connectivity index (χ4n) is 1.84. The van der Waals surface area contributed by atoms with Crippen LogP contribution in [-0.2, 0) is 11.3 Å². The Morgan fingerprint density at radius 2 is 2.17 bits per heavy atom. The van der Waals surface area contributed by atoms with Gasteiger partial charge in [-0.3, -0.25) is 0 Å². The first-order chi connectivity index (χ1) is 11.0. The van der Waals surface area contributed by atoms with Crippen LogP contribution in [0.15, 0.2) is 24.4 Å². The zero-order valence-electron chi connectivity index (χ0n) is 12.7. The molecule has 1 aromatic carbocycles. The molecule has 1 aromatic heterocycles. The van der Waals surface area contributed by atoms with E-state index in [4.69, 9.17) is 11.6 Å². The Bertz CT molecular complexity index is 696. The first-order valence-electron chi connectivity index (χ1n) is 6.79. The zero-order valence-corrected chi connectivity index (χ0v) is 13.4. The van der Waals surface area contributed by atoms with E-state index in [-0.39, 0.29) is 11.7 Å². The number of carbonyl (C=O) groups excluding carboxylic acids is 2. The van der Waals surface area contributed by atoms with E-state index in [1.807, 2.05) is 19.1 Å². The van der Waals surface area contributed by atoms with Crippen molar-refractivity contribution in [2.45, 2.75) is 13.5 Å². The highest BCUT2D eigenvalue weighted by Gasteiger charge is 2.11. The molecule has 0 fully saturated rings. The number of aromatic nitrogens is 3. The highest BCUT2D eigenvalue weighted by molar-refractivity contribution is 6.33. The van der Waals surface area contributed by atoms with Crippen LogP contribution in [0.1, 0.15) is 16.1 Å². The highest BCUT2D eigenvalue weighted by Crippen LogP contribution is 2.24. The first kappa shape index (κ1) is 16.8. The molecule has 8 nitrogen and oxygen atoms in total. The van der Waals surface area contributed by atoms with E-state index in [1.54, 1.807) is 6.07 Å². The molecule has 2 N–H and O–H groups in total. The molecular formula is C14H16ClN5O3. The standard InChI is InChI=1S/C14H16ClN5O3/c1-9-4-3-5-10(15)12(9)17-14(22)16-6-7-20-8-11(18-19-20)13(21)23-2/h3-5,8H,6-7H2,1-2H3,(H2,16,17,22). The normalized spacial score (nSPS) is 10.2. The molecule has 2 aromatic rings. The number of amides is 2. The number of halogens is 1. The predicted molar refractivity (Wildman–Crippen MR) is 84.6 cm³/mol. The van der Waals surface area contributed by atoms with Crippen LogP contribution >= 0.6 is 11.6 Å². The largest absolute Gasteiger partial charge is 0.464 e. The summed E-state index contributed by atoms with van der Waals surface area (Å²) in [6.07, 6.45) is 1.45. The van der Waals surface area contributed by atoms with Gasteiger partial charge in [0.15, 0.2) is 5.69 Å². The van der Waals surface area contributed by atoms with Crippen LogP contribution in [0, 0.1) is 6.92 Å². The van der Waals surface area contributed by atoms with Crippen LogP contribution in [0.5, 0.6) is 0 Å². The number of nitrogens with zero attached hydrogens (tertiary/aromatic N) is 3. The van der Waals surface area contributed by atoms with Gasteiger partial charge in [-0.15, -0.1) is 5.10 Å². The lowest BCUT2D eigenvalue weighted by Crippen LogP contribution is -2.32. The van der Waals surface area contributed by atoms with Gasteiger partial charge in [0.1, 0.15) is 0 Å². The lowest BCUT2D eigenvalue weighted by molar-refractivity contribution is 0.0594. The molecule has 2 amide bonds. The van der Waals surface area contributed by atoms with Gasteiger partial charge in [-0.05, 0) is 18.6 Å². The van der Waals surface area contributed by atoms with Gasteiger partial charge in [0, 0.05) is 6.54 Å². The molecule has 0 saturated carbocycles. The zero-order chi connectivity index (χ0) is 16.8. The van der Waals surface area contributed by atoms with E-state index in [9.17, 15) is 9.59 Å². The molecule has 0 aliphatic heterocycles. The number of para-hydroxylation sites is 1. The van der Waals surface area contributed by atoms with Crippen LogP contribution in [-0.4, -0.2) is 40.6 Å². The van der Waals surface area contributed by atoms with E-state index in [0.29, 0.717) is 23.8 Å². The summed E-state index contributed by atoms with van der Waals surface area (Å²) in [7, 11) is 1.27. The Hall–Kier alpha value is -2.61. The predicted octanol–water partition coefficient (Wildman–Crippen LogP) is 1.85. The maximum atomic E-state index is 11.9. The molecule has 0 bridgehead atoms. The van der Waals surface area contributed by atoms with Crippen LogP contribution in [0.4, 0.5) is 10.5 Å². The second-order valence-corrected chi connectivity index (χ2v) is 5.08. The van der Waals surface area contributed by atoms with E-state index in [0.717, 1.165) is 5.56 Å². The van der Waals surface area contributed by atoms with Gasteiger partial charge in [-0.1, -0.05) is 28.9 Å². The summed E-state index contributed by atoms with van der Waals surface area (Å²) in [6.45, 7) is 2.52. The molecule has 0 saturated heterocycles. The first-order valence-corrected chi connectivity index (χ1v) is 7.17. The van der Waals surface area contributed by atoms with Gasteiger partial charge in [0.05, 0.1) is 30.6 Å². The number of benzene rings is 1. The number of anilines is 1. The topological polar surface area (TPSA) is 98.1 Å². The van der Waals surface area contributed by atoms with Gasteiger partial charge in [-0.25, -0.2) is 14.3 Å². The maximum Gasteiger partial charge on any atom is 0.360 e. The number of aryl methyl sites for hydroxylation is 1. The molecule has 23 heavy (non-hydrogen) atoms. The average molecular weight is 338 g/mol. The Labute approximate surface area is 137 Å². The smallest absolute Gasteiger partial charge is 0.360 e. The third-order valence-corrected chi connectivity index (χ3v) is 3.34. The number of esters is 1. The van der Waals surface area contributed by atoms with Gasteiger partial charge in [0.25, 0.3) is 0 Å². The number of methoxy groups -OCH3 is 1. The molecule has 2 rings (SSSR count). The number of rotatable bonds is 5. The summed E-state index contributed by atoms with van der Waals surface area (Å²) in [5.41, 5.74) is 1.55. The van der Waals surface area contributed by atoms with Crippen LogP contribution in [0.25, 0.3) is 0 Å². The fraction of sp³-hybridized carbons (Fsp3) is 0.286. The monoisotopic (exact) mass is 337 g/mol. The van der Waals surface area contributed by atoms with Crippen molar-refractivity contribution >= 4 is 29.3 Å².